The molecule has 0 amide bonds. The smallest absolute Gasteiger partial charge is 0.170 e. The van der Waals surface area contributed by atoms with Crippen LogP contribution in [0.25, 0.3) is 0 Å². The monoisotopic (exact) mass is 430 g/mol. The number of ether oxygens (including phenoxy) is 1. The number of allylic oxidation sites excluding steroid dienone is 12. The summed E-state index contributed by atoms with van der Waals surface area (Å²) in [7, 11) is 0. The lowest BCUT2D eigenvalue weighted by atomic mass is 9.98. The highest BCUT2D eigenvalue weighted by molar-refractivity contribution is 5.99. The molecule has 0 radical (unpaired) electrons. The van der Waals surface area contributed by atoms with Crippen LogP contribution >= 0.6 is 0 Å². The van der Waals surface area contributed by atoms with Crippen LogP contribution in [0.15, 0.2) is 97.2 Å². The second kappa shape index (κ2) is 16.8. The summed E-state index contributed by atoms with van der Waals surface area (Å²) in [4.78, 5) is 12.2. The van der Waals surface area contributed by atoms with Crippen molar-refractivity contribution >= 4 is 5.78 Å². The van der Waals surface area contributed by atoms with E-state index in [1.54, 1.807) is 0 Å². The third-order valence-corrected chi connectivity index (χ3v) is 5.15. The molecule has 2 nitrogen and oxygen atoms in total. The Morgan fingerprint density at radius 1 is 0.750 bits per heavy atom. The number of hydrogen-bond donors (Lipinski definition) is 0. The molecule has 2 heteroatoms. The van der Waals surface area contributed by atoms with Crippen molar-refractivity contribution in [1.82, 2.24) is 0 Å². The molecule has 2 rings (SSSR count). The Balaban J connectivity index is 1.48. The fourth-order valence-electron chi connectivity index (χ4n) is 3.42. The van der Waals surface area contributed by atoms with Crippen molar-refractivity contribution in [2.75, 3.05) is 0 Å². The maximum atomic E-state index is 12.2. The van der Waals surface area contributed by atoms with Crippen LogP contribution < -0.4 is 4.74 Å². The van der Waals surface area contributed by atoms with Crippen molar-refractivity contribution in [1.29, 1.82) is 0 Å². The Morgan fingerprint density at radius 2 is 1.25 bits per heavy atom. The number of carbonyl (C=O) groups is 1. The quantitative estimate of drug-likeness (QED) is 0.277. The zero-order valence-electron chi connectivity index (χ0n) is 19.5. The van der Waals surface area contributed by atoms with E-state index in [1.807, 2.05) is 24.3 Å². The van der Waals surface area contributed by atoms with E-state index in [4.69, 9.17) is 4.74 Å². The van der Waals surface area contributed by atoms with Crippen molar-refractivity contribution in [3.8, 4) is 5.75 Å². The van der Waals surface area contributed by atoms with Gasteiger partial charge in [0, 0.05) is 6.42 Å². The maximum absolute atomic E-state index is 12.2. The number of fused-ring (bicyclic) bond motifs is 1. The van der Waals surface area contributed by atoms with Gasteiger partial charge in [0.2, 0.25) is 0 Å². The van der Waals surface area contributed by atoms with Gasteiger partial charge >= 0.3 is 0 Å². The van der Waals surface area contributed by atoms with Crippen LogP contribution in [0.2, 0.25) is 0 Å². The summed E-state index contributed by atoms with van der Waals surface area (Å²) >= 11 is 0. The molecular weight excluding hydrogens is 392 g/mol. The van der Waals surface area contributed by atoms with Gasteiger partial charge in [0.1, 0.15) is 11.9 Å². The van der Waals surface area contributed by atoms with Crippen LogP contribution in [0.4, 0.5) is 0 Å². The van der Waals surface area contributed by atoms with E-state index < -0.39 is 0 Å². The van der Waals surface area contributed by atoms with Crippen molar-refractivity contribution in [3.05, 3.63) is 103 Å². The highest BCUT2D eigenvalue weighted by Crippen LogP contribution is 2.28. The molecule has 0 saturated heterocycles. The zero-order valence-corrected chi connectivity index (χ0v) is 19.5. The number of Topliss-reactive ketones (excluding diaryl/α,β-unsaturated/α-hetero) is 1. The minimum Gasteiger partial charge on any atom is -0.489 e. The first-order valence-electron chi connectivity index (χ1n) is 12.0. The minimum atomic E-state index is -0.00394. The summed E-state index contributed by atoms with van der Waals surface area (Å²) in [5, 5.41) is 0. The lowest BCUT2D eigenvalue weighted by Gasteiger charge is -2.24. The van der Waals surface area contributed by atoms with Crippen molar-refractivity contribution < 1.29 is 9.53 Å². The predicted octanol–water partition coefficient (Wildman–Crippen LogP) is 8.50. The van der Waals surface area contributed by atoms with Crippen LogP contribution in [-0.4, -0.2) is 11.9 Å². The van der Waals surface area contributed by atoms with E-state index >= 15 is 0 Å². The normalized spacial score (nSPS) is 17.0. The Labute approximate surface area is 194 Å². The third-order valence-electron chi connectivity index (χ3n) is 5.15. The van der Waals surface area contributed by atoms with Gasteiger partial charge < -0.3 is 4.74 Å². The van der Waals surface area contributed by atoms with Gasteiger partial charge in [0.25, 0.3) is 0 Å². The molecule has 32 heavy (non-hydrogen) atoms. The van der Waals surface area contributed by atoms with Gasteiger partial charge in [-0.2, -0.15) is 0 Å². The number of para-hydroxylation sites is 1. The molecule has 1 heterocycles. The molecule has 1 aliphatic rings. The number of rotatable bonds is 14. The second-order valence-electron chi connectivity index (χ2n) is 7.86. The molecule has 170 valence electrons. The summed E-state index contributed by atoms with van der Waals surface area (Å²) in [5.41, 5.74) is 0.720. The average Bonchev–Trinajstić information content (AvgIpc) is 2.80. The molecule has 1 aliphatic heterocycles. The molecule has 1 atom stereocenters. The molecular formula is C30H38O2. The van der Waals surface area contributed by atoms with Crippen LogP contribution in [-0.2, 0) is 0 Å². The minimum absolute atomic E-state index is 0.00394. The highest BCUT2D eigenvalue weighted by Gasteiger charge is 2.25. The van der Waals surface area contributed by atoms with Gasteiger partial charge in [-0.3, -0.25) is 4.79 Å². The van der Waals surface area contributed by atoms with Crippen molar-refractivity contribution in [2.45, 2.75) is 70.8 Å². The summed E-state index contributed by atoms with van der Waals surface area (Å²) < 4.78 is 5.95. The average molecular weight is 431 g/mol. The maximum Gasteiger partial charge on any atom is 0.170 e. The van der Waals surface area contributed by atoms with E-state index in [0.717, 1.165) is 62.7 Å². The standard InChI is InChI=1S/C30H38O2/c1-2-3-4-5-6-7-8-9-10-11-12-13-14-15-16-17-18-19-20-23-27-26-29(31)28-24-21-22-25-30(28)32-27/h3-4,6-7,9-10,12-13,15-16,18-19,21-22,24-25,27H,2,5,8,11,14,17,20,23,26H2,1H3/b4-3-,7-6-,10-9-,13-12-,16-15-,19-18-. The van der Waals surface area contributed by atoms with E-state index in [0.29, 0.717) is 6.42 Å². The first-order valence-corrected chi connectivity index (χ1v) is 12.0. The molecule has 0 spiro atoms. The van der Waals surface area contributed by atoms with E-state index in [1.165, 1.54) is 0 Å². The first kappa shape index (κ1) is 25.4. The number of ketones is 1. The number of carbonyl (C=O) groups excluding carboxylic acids is 1. The molecule has 0 bridgehead atoms. The van der Waals surface area contributed by atoms with Crippen LogP contribution in [0.3, 0.4) is 0 Å². The van der Waals surface area contributed by atoms with Crippen LogP contribution in [0, 0.1) is 0 Å². The Morgan fingerprint density at radius 3 is 1.81 bits per heavy atom. The molecule has 1 unspecified atom stereocenters. The second-order valence-corrected chi connectivity index (χ2v) is 7.86. The van der Waals surface area contributed by atoms with Gasteiger partial charge in [-0.05, 0) is 63.5 Å². The van der Waals surface area contributed by atoms with Crippen molar-refractivity contribution in [2.24, 2.45) is 0 Å². The van der Waals surface area contributed by atoms with Gasteiger partial charge in [-0.15, -0.1) is 0 Å². The molecule has 0 saturated carbocycles. The largest absolute Gasteiger partial charge is 0.489 e. The highest BCUT2D eigenvalue weighted by atomic mass is 16.5. The van der Waals surface area contributed by atoms with Gasteiger partial charge in [0.05, 0.1) is 5.56 Å². The molecule has 0 aliphatic carbocycles. The van der Waals surface area contributed by atoms with E-state index in [9.17, 15) is 4.79 Å². The van der Waals surface area contributed by atoms with Gasteiger partial charge in [-0.25, -0.2) is 0 Å². The van der Waals surface area contributed by atoms with E-state index in [-0.39, 0.29) is 11.9 Å². The number of benzene rings is 1. The summed E-state index contributed by atoms with van der Waals surface area (Å²) in [6.45, 7) is 2.16. The van der Waals surface area contributed by atoms with Crippen molar-refractivity contribution in [3.63, 3.8) is 0 Å². The molecule has 1 aromatic carbocycles. The SMILES string of the molecule is CC/C=C\C/C=C\C/C=C\C/C=C\C/C=C\C/C=C\CCC1CC(=O)c2ccccc2O1. The van der Waals surface area contributed by atoms with Gasteiger partial charge in [0.15, 0.2) is 5.78 Å². The van der Waals surface area contributed by atoms with Gasteiger partial charge in [-0.1, -0.05) is 92.0 Å². The summed E-state index contributed by atoms with van der Waals surface area (Å²) in [6, 6.07) is 7.53. The molecule has 0 N–H and O–H groups in total. The summed E-state index contributed by atoms with van der Waals surface area (Å²) in [5.74, 6) is 0.927. The third kappa shape index (κ3) is 10.9. The first-order chi connectivity index (χ1) is 15.8. The Hall–Kier alpha value is -2.87. The fourth-order valence-corrected chi connectivity index (χ4v) is 3.42. The van der Waals surface area contributed by atoms with E-state index in [2.05, 4.69) is 79.8 Å². The molecule has 0 fully saturated rings. The lowest BCUT2D eigenvalue weighted by Crippen LogP contribution is -2.26. The topological polar surface area (TPSA) is 26.3 Å². The van der Waals surface area contributed by atoms with Crippen LogP contribution in [0.1, 0.15) is 75.1 Å². The molecule has 0 aromatic heterocycles. The Kier molecular flexibility index (Phi) is 13.3. The number of hydrogen-bond acceptors (Lipinski definition) is 2. The summed E-state index contributed by atoms with van der Waals surface area (Å²) in [6.07, 6.45) is 34.9. The fraction of sp³-hybridized carbons (Fsp3) is 0.367. The molecule has 1 aromatic rings. The zero-order chi connectivity index (χ0) is 22.7. The predicted molar refractivity (Wildman–Crippen MR) is 137 cm³/mol. The lowest BCUT2D eigenvalue weighted by molar-refractivity contribution is 0.0840. The Bertz CT molecular complexity index is 836. The van der Waals surface area contributed by atoms with Crippen LogP contribution in [0.5, 0.6) is 5.75 Å².